The monoisotopic (exact) mass is 297 g/mol. The Bertz CT molecular complexity index is 860. The molecule has 1 aliphatic rings. The molecule has 1 aliphatic carbocycles. The standard InChI is InChI=1S/C18H18O2P/c19-21-18-14(13-7-2-1-3-8-13)10-6-11-16(18)15-9-4-5-12-17(15)20-21/h4-6,9-13H,1-3,7-8H2/q+1. The van der Waals surface area contributed by atoms with Crippen LogP contribution in [-0.2, 0) is 4.57 Å². The molecule has 4 rings (SSSR count). The van der Waals surface area contributed by atoms with Crippen LogP contribution in [0.5, 0.6) is 0 Å². The second-order valence-corrected chi connectivity index (χ2v) is 7.07. The quantitative estimate of drug-likeness (QED) is 0.488. The summed E-state index contributed by atoms with van der Waals surface area (Å²) in [4.78, 5) is 0. The van der Waals surface area contributed by atoms with Crippen molar-refractivity contribution >= 4 is 29.1 Å². The van der Waals surface area contributed by atoms with E-state index in [4.69, 9.17) is 4.20 Å². The number of fused-ring (bicyclic) bond motifs is 3. The van der Waals surface area contributed by atoms with Crippen molar-refractivity contribution < 1.29 is 8.76 Å². The zero-order valence-corrected chi connectivity index (χ0v) is 12.8. The van der Waals surface area contributed by atoms with E-state index in [9.17, 15) is 4.57 Å². The minimum Gasteiger partial charge on any atom is -0.250 e. The highest BCUT2D eigenvalue weighted by molar-refractivity contribution is 7.37. The lowest BCUT2D eigenvalue weighted by atomic mass is 9.83. The summed E-state index contributed by atoms with van der Waals surface area (Å²) in [6.45, 7) is 0. The van der Waals surface area contributed by atoms with Gasteiger partial charge in [0.1, 0.15) is 0 Å². The third kappa shape index (κ3) is 2.18. The highest BCUT2D eigenvalue weighted by Crippen LogP contribution is 2.43. The van der Waals surface area contributed by atoms with Crippen molar-refractivity contribution in [3.05, 3.63) is 48.0 Å². The molecule has 0 N–H and O–H groups in total. The maximum atomic E-state index is 12.6. The van der Waals surface area contributed by atoms with Gasteiger partial charge in [-0.3, -0.25) is 0 Å². The molecular formula is C18H18O2P+. The summed E-state index contributed by atoms with van der Waals surface area (Å²) in [6.07, 6.45) is 6.31. The third-order valence-electron chi connectivity index (χ3n) is 4.65. The van der Waals surface area contributed by atoms with Crippen LogP contribution in [0.4, 0.5) is 0 Å². The minimum absolute atomic E-state index is 0.543. The first-order valence-electron chi connectivity index (χ1n) is 7.72. The van der Waals surface area contributed by atoms with E-state index >= 15 is 0 Å². The largest absolute Gasteiger partial charge is 0.598 e. The van der Waals surface area contributed by atoms with Gasteiger partial charge in [-0.15, -0.1) is 0 Å². The summed E-state index contributed by atoms with van der Waals surface area (Å²) < 4.78 is 18.3. The molecule has 1 fully saturated rings. The Kier molecular flexibility index (Phi) is 3.27. The third-order valence-corrected chi connectivity index (χ3v) is 5.88. The van der Waals surface area contributed by atoms with Gasteiger partial charge in [-0.25, -0.2) is 4.20 Å². The Morgan fingerprint density at radius 3 is 2.52 bits per heavy atom. The summed E-state index contributed by atoms with van der Waals surface area (Å²) in [6, 6.07) is 14.2. The summed E-state index contributed by atoms with van der Waals surface area (Å²) in [5.74, 6) is 0.543. The Morgan fingerprint density at radius 1 is 0.905 bits per heavy atom. The lowest BCUT2D eigenvalue weighted by Crippen LogP contribution is -2.04. The molecule has 0 aliphatic heterocycles. The van der Waals surface area contributed by atoms with E-state index in [0.717, 1.165) is 21.5 Å². The van der Waals surface area contributed by atoms with Gasteiger partial charge in [0.15, 0.2) is 5.58 Å². The Labute approximate surface area is 124 Å². The van der Waals surface area contributed by atoms with E-state index in [1.54, 1.807) is 0 Å². The van der Waals surface area contributed by atoms with E-state index in [0.29, 0.717) is 5.92 Å². The Balaban J connectivity index is 2.04. The molecule has 2 aromatic carbocycles. The molecule has 1 saturated carbocycles. The maximum absolute atomic E-state index is 12.6. The highest BCUT2D eigenvalue weighted by Gasteiger charge is 2.26. The number of hydrogen-bond donors (Lipinski definition) is 0. The zero-order valence-electron chi connectivity index (χ0n) is 11.9. The number of para-hydroxylation sites is 1. The van der Waals surface area contributed by atoms with Gasteiger partial charge in [0.2, 0.25) is 5.12 Å². The summed E-state index contributed by atoms with van der Waals surface area (Å²) in [7, 11) is -1.79. The molecule has 3 aromatic rings. The van der Waals surface area contributed by atoms with Crippen LogP contribution in [-0.4, -0.2) is 0 Å². The van der Waals surface area contributed by atoms with Crippen LogP contribution in [0.25, 0.3) is 21.5 Å². The van der Waals surface area contributed by atoms with Gasteiger partial charge in [0.05, 0.1) is 0 Å². The van der Waals surface area contributed by atoms with Gasteiger partial charge < -0.3 is 0 Å². The van der Waals surface area contributed by atoms with Gasteiger partial charge >= 0.3 is 7.65 Å². The van der Waals surface area contributed by atoms with E-state index < -0.39 is 7.65 Å². The van der Waals surface area contributed by atoms with E-state index in [1.807, 2.05) is 18.2 Å². The van der Waals surface area contributed by atoms with Gasteiger partial charge in [0, 0.05) is 16.3 Å². The van der Waals surface area contributed by atoms with Gasteiger partial charge in [-0.2, -0.15) is 0 Å². The smallest absolute Gasteiger partial charge is 0.250 e. The van der Waals surface area contributed by atoms with Crippen LogP contribution in [0, 0.1) is 0 Å². The Hall–Kier alpha value is -1.66. The van der Waals surface area contributed by atoms with Crippen LogP contribution in [0.3, 0.4) is 0 Å². The summed E-state index contributed by atoms with van der Waals surface area (Å²) >= 11 is 0. The predicted molar refractivity (Wildman–Crippen MR) is 87.2 cm³/mol. The van der Waals surface area contributed by atoms with Crippen LogP contribution in [0.2, 0.25) is 0 Å². The molecule has 1 unspecified atom stereocenters. The van der Waals surface area contributed by atoms with E-state index in [1.165, 1.54) is 37.7 Å². The molecule has 3 heteroatoms. The van der Waals surface area contributed by atoms with Crippen molar-refractivity contribution in [3.8, 4) is 0 Å². The molecular weight excluding hydrogens is 279 g/mol. The molecule has 0 radical (unpaired) electrons. The zero-order chi connectivity index (χ0) is 14.2. The minimum atomic E-state index is -1.79. The molecule has 0 amide bonds. The van der Waals surface area contributed by atoms with Crippen molar-refractivity contribution in [1.82, 2.24) is 0 Å². The lowest BCUT2D eigenvalue weighted by molar-refractivity contribution is 0.445. The second kappa shape index (κ2) is 5.27. The molecule has 21 heavy (non-hydrogen) atoms. The molecule has 0 bridgehead atoms. The molecule has 0 saturated heterocycles. The first-order valence-corrected chi connectivity index (χ1v) is 8.90. The van der Waals surface area contributed by atoms with Crippen LogP contribution < -0.4 is 0 Å². The molecule has 1 aromatic heterocycles. The normalized spacial score (nSPS) is 17.4. The first-order chi connectivity index (χ1) is 10.3. The molecule has 1 heterocycles. The highest BCUT2D eigenvalue weighted by atomic mass is 31.1. The van der Waals surface area contributed by atoms with Crippen molar-refractivity contribution in [2.24, 2.45) is 0 Å². The van der Waals surface area contributed by atoms with Crippen LogP contribution in [0.1, 0.15) is 43.6 Å². The van der Waals surface area contributed by atoms with Gasteiger partial charge in [-0.05, 0) is 35.5 Å². The SMILES string of the molecule is O=[p+]1oc2ccccc2c2cccc(C3CCCCC3)c21. The van der Waals surface area contributed by atoms with Crippen molar-refractivity contribution in [1.29, 1.82) is 0 Å². The summed E-state index contributed by atoms with van der Waals surface area (Å²) in [5, 5.41) is 3.11. The fourth-order valence-electron chi connectivity index (χ4n) is 3.63. The van der Waals surface area contributed by atoms with E-state index in [-0.39, 0.29) is 0 Å². The average Bonchev–Trinajstić information content (AvgIpc) is 2.55. The number of rotatable bonds is 1. The summed E-state index contributed by atoms with van der Waals surface area (Å²) in [5.41, 5.74) is 2.00. The lowest BCUT2D eigenvalue weighted by Gasteiger charge is -2.21. The Morgan fingerprint density at radius 2 is 1.67 bits per heavy atom. The van der Waals surface area contributed by atoms with Crippen molar-refractivity contribution in [3.63, 3.8) is 0 Å². The second-order valence-electron chi connectivity index (χ2n) is 5.92. The van der Waals surface area contributed by atoms with Crippen LogP contribution in [0.15, 0.2) is 46.7 Å². The maximum Gasteiger partial charge on any atom is 0.598 e. The molecule has 1 atom stereocenters. The fraction of sp³-hybridized carbons (Fsp3) is 0.333. The number of benzene rings is 2. The topological polar surface area (TPSA) is 30.2 Å². The van der Waals surface area contributed by atoms with Crippen molar-refractivity contribution in [2.75, 3.05) is 0 Å². The van der Waals surface area contributed by atoms with Crippen LogP contribution >= 0.6 is 7.65 Å². The van der Waals surface area contributed by atoms with Gasteiger partial charge in [-0.1, -0.05) is 49.6 Å². The van der Waals surface area contributed by atoms with E-state index in [2.05, 4.69) is 24.3 Å². The number of hydrogen-bond acceptors (Lipinski definition) is 2. The van der Waals surface area contributed by atoms with Crippen molar-refractivity contribution in [2.45, 2.75) is 38.0 Å². The first kappa shape index (κ1) is 13.0. The fourth-order valence-corrected chi connectivity index (χ4v) is 4.92. The van der Waals surface area contributed by atoms with Gasteiger partial charge in [0.25, 0.3) is 0 Å². The predicted octanol–water partition coefficient (Wildman–Crippen LogP) is 6.38. The molecule has 106 valence electrons. The average molecular weight is 297 g/mol. The molecule has 2 nitrogen and oxygen atoms in total. The molecule has 0 spiro atoms.